The van der Waals surface area contributed by atoms with Crippen molar-refractivity contribution in [1.82, 2.24) is 4.90 Å². The van der Waals surface area contributed by atoms with Crippen molar-refractivity contribution in [3.63, 3.8) is 0 Å². The molecule has 1 aromatic rings. The first kappa shape index (κ1) is 12.3. The third kappa shape index (κ3) is 1.50. The molecule has 3 nitrogen and oxygen atoms in total. The fraction of sp³-hybridized carbons (Fsp3) is 0.529. The second-order valence-corrected chi connectivity index (χ2v) is 6.25. The van der Waals surface area contributed by atoms with E-state index in [0.29, 0.717) is 0 Å². The van der Waals surface area contributed by atoms with Crippen molar-refractivity contribution in [2.24, 2.45) is 0 Å². The largest absolute Gasteiger partial charge is 0.493 e. The van der Waals surface area contributed by atoms with Gasteiger partial charge in [0.15, 0.2) is 11.5 Å². The van der Waals surface area contributed by atoms with Crippen LogP contribution in [-0.2, 0) is 12.0 Å². The summed E-state index contributed by atoms with van der Waals surface area (Å²) in [6.07, 6.45) is 8.39. The zero-order valence-electron chi connectivity index (χ0n) is 12.2. The van der Waals surface area contributed by atoms with Gasteiger partial charge >= 0.3 is 0 Å². The molecular formula is C17H21NO2. The van der Waals surface area contributed by atoms with E-state index in [1.165, 1.54) is 11.1 Å². The Morgan fingerprint density at radius 1 is 1.40 bits per heavy atom. The van der Waals surface area contributed by atoms with Gasteiger partial charge in [-0.1, -0.05) is 18.2 Å². The summed E-state index contributed by atoms with van der Waals surface area (Å²) in [5, 5.41) is 0. The Labute approximate surface area is 120 Å². The number of allylic oxidation sites excluding steroid dienone is 1. The molecular weight excluding hydrogens is 250 g/mol. The van der Waals surface area contributed by atoms with Crippen molar-refractivity contribution in [2.75, 3.05) is 20.7 Å². The second kappa shape index (κ2) is 4.26. The Morgan fingerprint density at radius 3 is 3.15 bits per heavy atom. The zero-order valence-corrected chi connectivity index (χ0v) is 12.2. The number of rotatable bonds is 1. The monoisotopic (exact) mass is 271 g/mol. The standard InChI is InChI=1S/C17H21NO2/c1-18-10-9-17-8-4-3-5-14(17)20-16-13(19-2)7-6-12(11-18)15(16)17/h4,6-8,14H,3,5,9-11H2,1-2H3/t14?,17-/m0/s1. The lowest BCUT2D eigenvalue weighted by atomic mass is 9.69. The van der Waals surface area contributed by atoms with E-state index in [4.69, 9.17) is 9.47 Å². The molecule has 0 radical (unpaired) electrons. The number of benzene rings is 1. The maximum absolute atomic E-state index is 6.34. The van der Waals surface area contributed by atoms with Gasteiger partial charge in [0.2, 0.25) is 0 Å². The Morgan fingerprint density at radius 2 is 2.30 bits per heavy atom. The van der Waals surface area contributed by atoms with Crippen molar-refractivity contribution in [3.05, 3.63) is 35.4 Å². The molecule has 1 aromatic carbocycles. The molecule has 20 heavy (non-hydrogen) atoms. The van der Waals surface area contributed by atoms with Crippen LogP contribution < -0.4 is 9.47 Å². The second-order valence-electron chi connectivity index (χ2n) is 6.25. The fourth-order valence-electron chi connectivity index (χ4n) is 4.10. The Balaban J connectivity index is 1.98. The van der Waals surface area contributed by atoms with E-state index in [-0.39, 0.29) is 11.5 Å². The lowest BCUT2D eigenvalue weighted by Crippen LogP contribution is -2.39. The summed E-state index contributed by atoms with van der Waals surface area (Å²) in [6.45, 7) is 2.11. The van der Waals surface area contributed by atoms with Crippen LogP contribution in [0.2, 0.25) is 0 Å². The molecule has 3 aliphatic rings. The minimum absolute atomic E-state index is 0.0716. The van der Waals surface area contributed by atoms with Gasteiger partial charge in [0.1, 0.15) is 6.10 Å². The predicted octanol–water partition coefficient (Wildman–Crippen LogP) is 2.88. The van der Waals surface area contributed by atoms with E-state index >= 15 is 0 Å². The lowest BCUT2D eigenvalue weighted by molar-refractivity contribution is 0.140. The van der Waals surface area contributed by atoms with E-state index in [9.17, 15) is 0 Å². The van der Waals surface area contributed by atoms with Crippen molar-refractivity contribution in [1.29, 1.82) is 0 Å². The molecule has 2 aliphatic heterocycles. The zero-order chi connectivity index (χ0) is 13.7. The molecule has 1 aliphatic carbocycles. The highest BCUT2D eigenvalue weighted by Gasteiger charge is 2.51. The number of methoxy groups -OCH3 is 1. The lowest BCUT2D eigenvalue weighted by Gasteiger charge is -2.34. The van der Waals surface area contributed by atoms with Gasteiger partial charge < -0.3 is 14.4 Å². The van der Waals surface area contributed by atoms with Crippen LogP contribution in [0.15, 0.2) is 24.3 Å². The summed E-state index contributed by atoms with van der Waals surface area (Å²) >= 11 is 0. The normalized spacial score (nSPS) is 31.2. The summed E-state index contributed by atoms with van der Waals surface area (Å²) in [5.74, 6) is 1.88. The van der Waals surface area contributed by atoms with Crippen LogP contribution in [0.25, 0.3) is 0 Å². The molecule has 2 atom stereocenters. The van der Waals surface area contributed by atoms with Gasteiger partial charge in [0, 0.05) is 12.1 Å². The summed E-state index contributed by atoms with van der Waals surface area (Å²) in [6, 6.07) is 4.28. The van der Waals surface area contributed by atoms with Gasteiger partial charge in [0.05, 0.1) is 12.5 Å². The van der Waals surface area contributed by atoms with Crippen LogP contribution in [0.3, 0.4) is 0 Å². The quantitative estimate of drug-likeness (QED) is 0.733. The number of ether oxygens (including phenoxy) is 2. The molecule has 0 bridgehead atoms. The van der Waals surface area contributed by atoms with Gasteiger partial charge in [-0.25, -0.2) is 0 Å². The third-order valence-corrected chi connectivity index (χ3v) is 5.09. The van der Waals surface area contributed by atoms with Crippen molar-refractivity contribution >= 4 is 0 Å². The number of nitrogens with zero attached hydrogens (tertiary/aromatic N) is 1. The van der Waals surface area contributed by atoms with E-state index in [2.05, 4.69) is 36.2 Å². The van der Waals surface area contributed by atoms with Crippen LogP contribution in [0.5, 0.6) is 11.5 Å². The van der Waals surface area contributed by atoms with Crippen LogP contribution in [0.1, 0.15) is 30.4 Å². The van der Waals surface area contributed by atoms with Crippen molar-refractivity contribution in [2.45, 2.75) is 37.3 Å². The molecule has 0 fully saturated rings. The van der Waals surface area contributed by atoms with Crippen molar-refractivity contribution < 1.29 is 9.47 Å². The van der Waals surface area contributed by atoms with Crippen LogP contribution >= 0.6 is 0 Å². The molecule has 2 heterocycles. The first-order chi connectivity index (χ1) is 9.74. The first-order valence-electron chi connectivity index (χ1n) is 7.48. The van der Waals surface area contributed by atoms with E-state index in [0.717, 1.165) is 43.9 Å². The smallest absolute Gasteiger partial charge is 0.166 e. The SMILES string of the molecule is COc1ccc2c3c1OC1CCC=C[C@@]31CCN(C)C2. The Kier molecular flexibility index (Phi) is 2.61. The predicted molar refractivity (Wildman–Crippen MR) is 78.4 cm³/mol. The maximum atomic E-state index is 6.34. The molecule has 3 heteroatoms. The summed E-state index contributed by atoms with van der Waals surface area (Å²) in [5.41, 5.74) is 2.86. The van der Waals surface area contributed by atoms with Gasteiger partial charge in [-0.05, 0) is 44.5 Å². The summed E-state index contributed by atoms with van der Waals surface area (Å²) in [4.78, 5) is 2.41. The average molecular weight is 271 g/mol. The van der Waals surface area contributed by atoms with Gasteiger partial charge in [0.25, 0.3) is 0 Å². The van der Waals surface area contributed by atoms with E-state index in [1.54, 1.807) is 7.11 Å². The molecule has 1 unspecified atom stereocenters. The molecule has 0 saturated carbocycles. The highest BCUT2D eigenvalue weighted by Crippen LogP contribution is 2.55. The molecule has 0 amide bonds. The number of hydrogen-bond donors (Lipinski definition) is 0. The molecule has 0 aromatic heterocycles. The number of hydrogen-bond acceptors (Lipinski definition) is 3. The minimum atomic E-state index is 0.0716. The molecule has 0 N–H and O–H groups in total. The summed E-state index contributed by atoms with van der Waals surface area (Å²) < 4.78 is 11.9. The van der Waals surface area contributed by atoms with Crippen LogP contribution in [0.4, 0.5) is 0 Å². The average Bonchev–Trinajstić information content (AvgIpc) is 2.74. The third-order valence-electron chi connectivity index (χ3n) is 5.09. The maximum Gasteiger partial charge on any atom is 0.166 e. The van der Waals surface area contributed by atoms with E-state index in [1.807, 2.05) is 0 Å². The highest BCUT2D eigenvalue weighted by molar-refractivity contribution is 5.60. The minimum Gasteiger partial charge on any atom is -0.493 e. The van der Waals surface area contributed by atoms with Crippen LogP contribution in [-0.4, -0.2) is 31.7 Å². The molecule has 106 valence electrons. The van der Waals surface area contributed by atoms with Crippen molar-refractivity contribution in [3.8, 4) is 11.5 Å². The van der Waals surface area contributed by atoms with E-state index < -0.39 is 0 Å². The fourth-order valence-corrected chi connectivity index (χ4v) is 4.10. The Bertz CT molecular complexity index is 581. The highest BCUT2D eigenvalue weighted by atomic mass is 16.5. The van der Waals surface area contributed by atoms with Crippen LogP contribution in [0, 0.1) is 0 Å². The molecule has 0 saturated heterocycles. The van der Waals surface area contributed by atoms with Gasteiger partial charge in [-0.3, -0.25) is 0 Å². The first-order valence-corrected chi connectivity index (χ1v) is 7.48. The molecule has 1 spiro atoms. The van der Waals surface area contributed by atoms with Gasteiger partial charge in [-0.2, -0.15) is 0 Å². The molecule has 4 rings (SSSR count). The topological polar surface area (TPSA) is 21.7 Å². The summed E-state index contributed by atoms with van der Waals surface area (Å²) in [7, 11) is 3.94. The van der Waals surface area contributed by atoms with Gasteiger partial charge in [-0.15, -0.1) is 0 Å². The Hall–Kier alpha value is -1.48.